The molecule has 0 aliphatic carbocycles. The van der Waals surface area contributed by atoms with Gasteiger partial charge in [-0.05, 0) is 63.7 Å². The van der Waals surface area contributed by atoms with Crippen LogP contribution in [0.1, 0.15) is 37.3 Å². The molecule has 3 saturated heterocycles. The Kier molecular flexibility index (Phi) is 6.69. The third kappa shape index (κ3) is 4.54. The Hall–Kier alpha value is -3.12. The Labute approximate surface area is 233 Å². The number of benzene rings is 1. The van der Waals surface area contributed by atoms with Gasteiger partial charge in [-0.1, -0.05) is 12.1 Å². The SMILES string of the molecule is Cc1nc2ccccc2n1-c1nc(N2CCOCC2)c2nc(CN3CCC(C4(O)CCOCC4)CC3)n(C)c2n1. The number of fused-ring (bicyclic) bond motifs is 2. The standard InChI is InChI=1S/C29H38N8O3/c1-20-30-22-5-3-4-6-23(22)37(20)28-32-26-25(27(33-28)36-13-17-40-18-14-36)31-24(34(26)2)19-35-11-7-21(8-12-35)29(38)9-15-39-16-10-29/h3-6,21,38H,7-19H2,1-2H3. The lowest BCUT2D eigenvalue weighted by molar-refractivity contribution is -0.112. The van der Waals surface area contributed by atoms with Crippen molar-refractivity contribution in [3.8, 4) is 5.95 Å². The van der Waals surface area contributed by atoms with Crippen LogP contribution in [0.3, 0.4) is 0 Å². The molecule has 1 N–H and O–H groups in total. The van der Waals surface area contributed by atoms with Crippen molar-refractivity contribution < 1.29 is 14.6 Å². The summed E-state index contributed by atoms with van der Waals surface area (Å²) in [4.78, 5) is 24.8. The van der Waals surface area contributed by atoms with Gasteiger partial charge in [-0.2, -0.15) is 9.97 Å². The van der Waals surface area contributed by atoms with Crippen molar-refractivity contribution in [3.05, 3.63) is 35.9 Å². The Morgan fingerprint density at radius 2 is 1.65 bits per heavy atom. The van der Waals surface area contributed by atoms with E-state index in [1.54, 1.807) is 0 Å². The molecule has 11 nitrogen and oxygen atoms in total. The number of aryl methyl sites for hydroxylation is 2. The summed E-state index contributed by atoms with van der Waals surface area (Å²) >= 11 is 0. The van der Waals surface area contributed by atoms with Crippen LogP contribution in [0, 0.1) is 12.8 Å². The third-order valence-electron chi connectivity index (χ3n) is 9.09. The number of hydrogen-bond donors (Lipinski definition) is 1. The fourth-order valence-corrected chi connectivity index (χ4v) is 6.68. The van der Waals surface area contributed by atoms with Gasteiger partial charge in [0.15, 0.2) is 17.0 Å². The molecule has 0 unspecified atom stereocenters. The zero-order valence-corrected chi connectivity index (χ0v) is 23.4. The van der Waals surface area contributed by atoms with E-state index in [2.05, 4.69) is 27.5 Å². The normalized spacial score (nSPS) is 21.0. The number of ether oxygens (including phenoxy) is 2. The molecule has 3 aliphatic rings. The molecular formula is C29H38N8O3. The van der Waals surface area contributed by atoms with E-state index >= 15 is 0 Å². The Morgan fingerprint density at radius 3 is 2.42 bits per heavy atom. The molecule has 0 amide bonds. The van der Waals surface area contributed by atoms with E-state index in [9.17, 15) is 5.11 Å². The van der Waals surface area contributed by atoms with E-state index in [1.807, 2.05) is 29.7 Å². The number of nitrogens with zero attached hydrogens (tertiary/aromatic N) is 8. The minimum atomic E-state index is -0.573. The zero-order chi connectivity index (χ0) is 27.3. The van der Waals surface area contributed by atoms with Crippen LogP contribution in [0.15, 0.2) is 24.3 Å². The van der Waals surface area contributed by atoms with Gasteiger partial charge in [0.1, 0.15) is 11.6 Å². The van der Waals surface area contributed by atoms with Gasteiger partial charge in [0.05, 0.1) is 36.4 Å². The molecule has 11 heteroatoms. The predicted molar refractivity (Wildman–Crippen MR) is 152 cm³/mol. The Balaban J connectivity index is 1.22. The smallest absolute Gasteiger partial charge is 0.239 e. The van der Waals surface area contributed by atoms with Gasteiger partial charge in [0, 0.05) is 33.4 Å². The lowest BCUT2D eigenvalue weighted by atomic mass is 9.76. The second kappa shape index (κ2) is 10.4. The number of hydrogen-bond acceptors (Lipinski definition) is 9. The summed E-state index contributed by atoms with van der Waals surface area (Å²) in [6.45, 7) is 8.84. The molecule has 40 heavy (non-hydrogen) atoms. The van der Waals surface area contributed by atoms with E-state index < -0.39 is 5.60 Å². The van der Waals surface area contributed by atoms with Crippen LogP contribution in [0.5, 0.6) is 0 Å². The molecule has 212 valence electrons. The molecule has 0 bridgehead atoms. The third-order valence-corrected chi connectivity index (χ3v) is 9.09. The van der Waals surface area contributed by atoms with Crippen molar-refractivity contribution in [2.45, 2.75) is 44.8 Å². The summed E-state index contributed by atoms with van der Waals surface area (Å²) in [5.74, 6) is 3.63. The monoisotopic (exact) mass is 546 g/mol. The number of aliphatic hydroxyl groups is 1. The molecule has 0 atom stereocenters. The van der Waals surface area contributed by atoms with Crippen LogP contribution in [0.25, 0.3) is 28.1 Å². The summed E-state index contributed by atoms with van der Waals surface area (Å²) < 4.78 is 15.3. The predicted octanol–water partition coefficient (Wildman–Crippen LogP) is 2.60. The first-order valence-electron chi connectivity index (χ1n) is 14.5. The maximum Gasteiger partial charge on any atom is 0.239 e. The van der Waals surface area contributed by atoms with Crippen molar-refractivity contribution >= 4 is 28.0 Å². The van der Waals surface area contributed by atoms with Crippen molar-refractivity contribution in [1.82, 2.24) is 34.0 Å². The average molecular weight is 547 g/mol. The quantitative estimate of drug-likeness (QED) is 0.404. The molecule has 4 aromatic rings. The van der Waals surface area contributed by atoms with Crippen LogP contribution in [-0.4, -0.2) is 97.3 Å². The van der Waals surface area contributed by atoms with E-state index in [1.165, 1.54) is 0 Å². The average Bonchev–Trinajstić information content (AvgIpc) is 3.49. The van der Waals surface area contributed by atoms with Crippen LogP contribution in [-0.2, 0) is 23.1 Å². The van der Waals surface area contributed by atoms with Gasteiger partial charge >= 0.3 is 0 Å². The van der Waals surface area contributed by atoms with Crippen LogP contribution in [0.2, 0.25) is 0 Å². The van der Waals surface area contributed by atoms with Crippen molar-refractivity contribution in [2.75, 3.05) is 57.5 Å². The minimum absolute atomic E-state index is 0.336. The number of para-hydroxylation sites is 2. The number of aromatic nitrogens is 6. The molecule has 0 radical (unpaired) electrons. The van der Waals surface area contributed by atoms with E-state index in [0.717, 1.165) is 98.1 Å². The minimum Gasteiger partial charge on any atom is -0.389 e. The van der Waals surface area contributed by atoms with Gasteiger partial charge in [-0.15, -0.1) is 0 Å². The molecule has 3 aliphatic heterocycles. The number of likely N-dealkylation sites (tertiary alicyclic amines) is 1. The van der Waals surface area contributed by atoms with Crippen LogP contribution in [0.4, 0.5) is 5.82 Å². The molecular weight excluding hydrogens is 508 g/mol. The van der Waals surface area contributed by atoms with Gasteiger partial charge < -0.3 is 24.0 Å². The number of morpholine rings is 1. The molecule has 7 rings (SSSR count). The molecule has 0 saturated carbocycles. The van der Waals surface area contributed by atoms with Gasteiger partial charge in [0.25, 0.3) is 0 Å². The topological polar surface area (TPSA) is 107 Å². The maximum absolute atomic E-state index is 11.2. The first kappa shape index (κ1) is 25.8. The number of imidazole rings is 2. The summed E-state index contributed by atoms with van der Waals surface area (Å²) in [6, 6.07) is 8.11. The molecule has 3 aromatic heterocycles. The van der Waals surface area contributed by atoms with E-state index in [4.69, 9.17) is 29.4 Å². The first-order chi connectivity index (χ1) is 19.5. The largest absolute Gasteiger partial charge is 0.389 e. The Bertz CT molecular complexity index is 1510. The molecule has 3 fully saturated rings. The van der Waals surface area contributed by atoms with Gasteiger partial charge in [0.2, 0.25) is 5.95 Å². The number of anilines is 1. The molecule has 0 spiro atoms. The molecule has 6 heterocycles. The highest BCUT2D eigenvalue weighted by atomic mass is 16.5. The summed E-state index contributed by atoms with van der Waals surface area (Å²) in [5, 5.41) is 11.2. The number of piperidine rings is 1. The summed E-state index contributed by atoms with van der Waals surface area (Å²) in [5.41, 5.74) is 3.00. The van der Waals surface area contributed by atoms with E-state index in [-0.39, 0.29) is 0 Å². The Morgan fingerprint density at radius 1 is 0.925 bits per heavy atom. The van der Waals surface area contributed by atoms with Gasteiger partial charge in [-0.3, -0.25) is 9.47 Å². The van der Waals surface area contributed by atoms with Crippen LogP contribution >= 0.6 is 0 Å². The zero-order valence-electron chi connectivity index (χ0n) is 23.4. The second-order valence-corrected chi connectivity index (χ2v) is 11.5. The summed E-state index contributed by atoms with van der Waals surface area (Å²) in [6.07, 6.45) is 3.49. The van der Waals surface area contributed by atoms with Crippen molar-refractivity contribution in [3.63, 3.8) is 0 Å². The highest BCUT2D eigenvalue weighted by Crippen LogP contribution is 2.36. The van der Waals surface area contributed by atoms with Gasteiger partial charge in [-0.25, -0.2) is 9.97 Å². The number of rotatable bonds is 5. The maximum atomic E-state index is 11.2. The highest BCUT2D eigenvalue weighted by Gasteiger charge is 2.40. The fourth-order valence-electron chi connectivity index (χ4n) is 6.68. The first-order valence-corrected chi connectivity index (χ1v) is 14.5. The fraction of sp³-hybridized carbons (Fsp3) is 0.586. The van der Waals surface area contributed by atoms with Crippen molar-refractivity contribution in [2.24, 2.45) is 13.0 Å². The lowest BCUT2D eigenvalue weighted by Gasteiger charge is -2.43. The second-order valence-electron chi connectivity index (χ2n) is 11.5. The van der Waals surface area contributed by atoms with Crippen molar-refractivity contribution in [1.29, 1.82) is 0 Å². The molecule has 1 aromatic carbocycles. The summed E-state index contributed by atoms with van der Waals surface area (Å²) in [7, 11) is 2.06. The van der Waals surface area contributed by atoms with Crippen LogP contribution < -0.4 is 4.90 Å². The van der Waals surface area contributed by atoms with E-state index in [0.29, 0.717) is 38.3 Å². The lowest BCUT2D eigenvalue weighted by Crippen LogP contribution is -2.48. The highest BCUT2D eigenvalue weighted by molar-refractivity contribution is 5.86.